The molecular formula is C22H23N9O2. The molecule has 0 atom stereocenters. The van der Waals surface area contributed by atoms with Crippen molar-refractivity contribution in [2.45, 2.75) is 18.9 Å². The highest BCUT2D eigenvalue weighted by Crippen LogP contribution is 2.29. The van der Waals surface area contributed by atoms with Gasteiger partial charge in [-0.2, -0.15) is 9.61 Å². The molecule has 2 saturated heterocycles. The lowest BCUT2D eigenvalue weighted by Gasteiger charge is -2.36. The van der Waals surface area contributed by atoms with Gasteiger partial charge in [0, 0.05) is 50.0 Å². The van der Waals surface area contributed by atoms with E-state index >= 15 is 0 Å². The Bertz CT molecular complexity index is 1260. The van der Waals surface area contributed by atoms with Gasteiger partial charge in [-0.15, -0.1) is 0 Å². The Morgan fingerprint density at radius 1 is 1.03 bits per heavy atom. The molecule has 1 saturated carbocycles. The summed E-state index contributed by atoms with van der Waals surface area (Å²) in [6.07, 6.45) is 7.35. The predicted octanol–water partition coefficient (Wildman–Crippen LogP) is 1.21. The van der Waals surface area contributed by atoms with Crippen molar-refractivity contribution in [1.82, 2.24) is 30.2 Å². The van der Waals surface area contributed by atoms with E-state index in [1.807, 2.05) is 30.5 Å². The third-order valence-electron chi connectivity index (χ3n) is 6.01. The van der Waals surface area contributed by atoms with Crippen molar-refractivity contribution >= 4 is 41.1 Å². The van der Waals surface area contributed by atoms with Crippen LogP contribution in [0.2, 0.25) is 0 Å². The molecule has 3 aromatic rings. The summed E-state index contributed by atoms with van der Waals surface area (Å²) < 4.78 is 1.76. The lowest BCUT2D eigenvalue weighted by Crippen LogP contribution is -2.47. The average Bonchev–Trinajstić information content (AvgIpc) is 3.47. The van der Waals surface area contributed by atoms with Crippen LogP contribution in [0.3, 0.4) is 0 Å². The summed E-state index contributed by atoms with van der Waals surface area (Å²) in [5.74, 6) is 2.25. The van der Waals surface area contributed by atoms with Crippen molar-refractivity contribution in [3.8, 4) is 0 Å². The predicted molar refractivity (Wildman–Crippen MR) is 123 cm³/mol. The Hall–Kier alpha value is -4.15. The van der Waals surface area contributed by atoms with Crippen LogP contribution in [-0.2, 0) is 4.79 Å². The first-order valence-corrected chi connectivity index (χ1v) is 11.0. The topological polar surface area (TPSA) is 120 Å². The number of piperazine rings is 1. The lowest BCUT2D eigenvalue weighted by atomic mass is 10.2. The fourth-order valence-electron chi connectivity index (χ4n) is 4.11. The Kier molecular flexibility index (Phi) is 4.60. The number of amides is 3. The lowest BCUT2D eigenvalue weighted by molar-refractivity contribution is -0.115. The molecule has 0 spiro atoms. The molecule has 6 rings (SSSR count). The van der Waals surface area contributed by atoms with E-state index in [0.29, 0.717) is 17.3 Å². The quantitative estimate of drug-likeness (QED) is 0.396. The number of urea groups is 1. The summed E-state index contributed by atoms with van der Waals surface area (Å²) in [5, 5.41) is 12.8. The van der Waals surface area contributed by atoms with Crippen molar-refractivity contribution in [2.75, 3.05) is 41.3 Å². The van der Waals surface area contributed by atoms with Crippen LogP contribution in [0.25, 0.3) is 11.7 Å². The molecule has 3 fully saturated rings. The zero-order chi connectivity index (χ0) is 22.4. The zero-order valence-corrected chi connectivity index (χ0v) is 17.9. The van der Waals surface area contributed by atoms with Gasteiger partial charge in [0.2, 0.25) is 0 Å². The van der Waals surface area contributed by atoms with Gasteiger partial charge in [0.05, 0.1) is 6.20 Å². The maximum Gasteiger partial charge on any atom is 0.326 e. The van der Waals surface area contributed by atoms with E-state index in [2.05, 4.69) is 35.8 Å². The van der Waals surface area contributed by atoms with Gasteiger partial charge in [-0.25, -0.2) is 14.8 Å². The molecule has 0 unspecified atom stereocenters. The Labute approximate surface area is 189 Å². The number of fused-ring (bicyclic) bond motifs is 1. The van der Waals surface area contributed by atoms with E-state index in [4.69, 9.17) is 4.98 Å². The standard InChI is InChI=1S/C22H23N9O2/c32-21-16(26-22(33)28-21)11-14-13-24-31-19(25-15-4-5-15)12-18(27-20(14)31)30-9-7-29(8-10-30)17-3-1-2-6-23-17/h1-3,6,11-13,15,25H,4-5,7-10H2,(H2,26,28,32,33)/b16-11+. The molecule has 1 aliphatic carbocycles. The number of nitrogens with one attached hydrogen (secondary N) is 3. The van der Waals surface area contributed by atoms with Crippen molar-refractivity contribution in [1.29, 1.82) is 0 Å². The largest absolute Gasteiger partial charge is 0.367 e. The SMILES string of the molecule is O=C1NC(=O)/C(=C\c2cnn3c(NC4CC4)cc(N4CCN(c5ccccn5)CC4)nc23)N1. The minimum Gasteiger partial charge on any atom is -0.367 e. The molecule has 3 N–H and O–H groups in total. The molecule has 5 heterocycles. The number of carbonyl (C=O) groups is 2. The van der Waals surface area contributed by atoms with Crippen LogP contribution in [0, 0.1) is 0 Å². The number of hydrogen-bond acceptors (Lipinski definition) is 8. The van der Waals surface area contributed by atoms with Crippen molar-refractivity contribution < 1.29 is 9.59 Å². The highest BCUT2D eigenvalue weighted by atomic mass is 16.2. The number of imide groups is 1. The molecule has 11 heteroatoms. The summed E-state index contributed by atoms with van der Waals surface area (Å²) in [4.78, 5) is 37.4. The summed E-state index contributed by atoms with van der Waals surface area (Å²) in [6.45, 7) is 3.31. The first-order chi connectivity index (χ1) is 16.1. The van der Waals surface area contributed by atoms with Crippen LogP contribution in [-0.4, -0.2) is 63.7 Å². The molecule has 3 amide bonds. The molecule has 11 nitrogen and oxygen atoms in total. The number of carbonyl (C=O) groups excluding carboxylic acids is 2. The zero-order valence-electron chi connectivity index (χ0n) is 17.9. The van der Waals surface area contributed by atoms with Crippen LogP contribution >= 0.6 is 0 Å². The second kappa shape index (κ2) is 7.76. The van der Waals surface area contributed by atoms with Gasteiger partial charge in [0.1, 0.15) is 23.2 Å². The van der Waals surface area contributed by atoms with Gasteiger partial charge in [0.25, 0.3) is 5.91 Å². The monoisotopic (exact) mass is 445 g/mol. The maximum atomic E-state index is 12.0. The minimum atomic E-state index is -0.529. The van der Waals surface area contributed by atoms with Gasteiger partial charge in [-0.1, -0.05) is 6.07 Å². The van der Waals surface area contributed by atoms with E-state index in [0.717, 1.165) is 56.5 Å². The number of hydrogen-bond donors (Lipinski definition) is 3. The van der Waals surface area contributed by atoms with Crippen molar-refractivity contribution in [2.24, 2.45) is 0 Å². The van der Waals surface area contributed by atoms with Crippen LogP contribution in [0.5, 0.6) is 0 Å². The van der Waals surface area contributed by atoms with Crippen LogP contribution in [0.15, 0.2) is 42.4 Å². The van der Waals surface area contributed by atoms with E-state index in [9.17, 15) is 9.59 Å². The van der Waals surface area contributed by atoms with Crippen LogP contribution < -0.4 is 25.8 Å². The second-order valence-electron chi connectivity index (χ2n) is 8.38. The number of pyridine rings is 1. The fourth-order valence-corrected chi connectivity index (χ4v) is 4.11. The molecule has 2 aliphatic heterocycles. The normalized spacial score (nSPS) is 19.8. The first-order valence-electron chi connectivity index (χ1n) is 11.0. The summed E-state index contributed by atoms with van der Waals surface area (Å²) >= 11 is 0. The average molecular weight is 445 g/mol. The molecule has 0 bridgehead atoms. The fraction of sp³-hybridized carbons (Fsp3) is 0.318. The third kappa shape index (κ3) is 3.81. The molecule has 0 radical (unpaired) electrons. The summed E-state index contributed by atoms with van der Waals surface area (Å²) in [6, 6.07) is 7.90. The maximum absolute atomic E-state index is 12.0. The minimum absolute atomic E-state index is 0.183. The molecule has 0 aromatic carbocycles. The Morgan fingerprint density at radius 2 is 1.82 bits per heavy atom. The Balaban J connectivity index is 1.32. The Morgan fingerprint density at radius 3 is 2.48 bits per heavy atom. The summed E-state index contributed by atoms with van der Waals surface area (Å²) in [7, 11) is 0. The summed E-state index contributed by atoms with van der Waals surface area (Å²) in [5.41, 5.74) is 1.47. The van der Waals surface area contributed by atoms with Gasteiger partial charge in [-0.05, 0) is 31.1 Å². The van der Waals surface area contributed by atoms with Gasteiger partial charge < -0.3 is 20.4 Å². The smallest absolute Gasteiger partial charge is 0.326 e. The van der Waals surface area contributed by atoms with Crippen molar-refractivity contribution in [3.63, 3.8) is 0 Å². The van der Waals surface area contributed by atoms with Crippen molar-refractivity contribution in [3.05, 3.63) is 47.9 Å². The van der Waals surface area contributed by atoms with E-state index in [1.54, 1.807) is 16.8 Å². The number of aromatic nitrogens is 4. The van der Waals surface area contributed by atoms with Gasteiger partial charge in [0.15, 0.2) is 5.65 Å². The van der Waals surface area contributed by atoms with Crippen LogP contribution in [0.1, 0.15) is 18.4 Å². The third-order valence-corrected chi connectivity index (χ3v) is 6.01. The van der Waals surface area contributed by atoms with E-state index < -0.39 is 11.9 Å². The second-order valence-corrected chi connectivity index (χ2v) is 8.38. The van der Waals surface area contributed by atoms with Gasteiger partial charge in [-0.3, -0.25) is 10.1 Å². The molecule has 3 aliphatic rings. The van der Waals surface area contributed by atoms with Gasteiger partial charge >= 0.3 is 6.03 Å². The number of nitrogens with zero attached hydrogens (tertiary/aromatic N) is 6. The van der Waals surface area contributed by atoms with E-state index in [1.165, 1.54) is 0 Å². The molecule has 3 aromatic heterocycles. The molecular weight excluding hydrogens is 422 g/mol. The number of rotatable bonds is 5. The molecule has 33 heavy (non-hydrogen) atoms. The van der Waals surface area contributed by atoms with Crippen LogP contribution in [0.4, 0.5) is 22.2 Å². The number of anilines is 3. The highest BCUT2D eigenvalue weighted by Gasteiger charge is 2.27. The van der Waals surface area contributed by atoms with E-state index in [-0.39, 0.29) is 5.70 Å². The first kappa shape index (κ1) is 19.5. The highest BCUT2D eigenvalue weighted by molar-refractivity contribution is 6.14. The molecule has 168 valence electrons.